The molecule has 0 amide bonds. The molecule has 2 atom stereocenters. The first-order chi connectivity index (χ1) is 16.4. The molecule has 0 radical (unpaired) electrons. The van der Waals surface area contributed by atoms with E-state index in [9.17, 15) is 13.2 Å². The van der Waals surface area contributed by atoms with Crippen molar-refractivity contribution in [2.75, 3.05) is 12.9 Å². The molecule has 176 valence electrons. The van der Waals surface area contributed by atoms with Crippen LogP contribution in [0.15, 0.2) is 84.0 Å². The standard InChI is InChI=1S/C26H25ClN2O4S/c1-33-26(30)25-24(22-5-3-2-4-6-22)15-17-28-29(25)34(31,32)18-16-19-7-9-20(10-8-19)21-11-13-23(27)14-12-21/h2-14,17,24-25H,15-16,18H2,1H3. The van der Waals surface area contributed by atoms with E-state index < -0.39 is 22.0 Å². The van der Waals surface area contributed by atoms with E-state index in [-0.39, 0.29) is 11.7 Å². The number of ether oxygens (including phenoxy) is 1. The fourth-order valence-electron chi connectivity index (χ4n) is 4.08. The first kappa shape index (κ1) is 24.0. The Kier molecular flexibility index (Phi) is 7.34. The quantitative estimate of drug-likeness (QED) is 0.436. The second-order valence-corrected chi connectivity index (χ2v) is 10.4. The molecule has 0 saturated carbocycles. The number of hydrazone groups is 1. The normalized spacial score (nSPS) is 18.0. The van der Waals surface area contributed by atoms with Crippen molar-refractivity contribution < 1.29 is 17.9 Å². The molecule has 4 rings (SSSR count). The number of carbonyl (C=O) groups is 1. The minimum Gasteiger partial charge on any atom is -0.467 e. The van der Waals surface area contributed by atoms with Crippen LogP contribution in [0.5, 0.6) is 0 Å². The molecule has 0 fully saturated rings. The topological polar surface area (TPSA) is 76.0 Å². The molecule has 0 aliphatic carbocycles. The largest absolute Gasteiger partial charge is 0.467 e. The van der Waals surface area contributed by atoms with Gasteiger partial charge in [-0.2, -0.15) is 9.52 Å². The van der Waals surface area contributed by atoms with E-state index in [1.54, 1.807) is 6.21 Å². The Hall–Kier alpha value is -3.16. The monoisotopic (exact) mass is 496 g/mol. The first-order valence-electron chi connectivity index (χ1n) is 10.9. The third kappa shape index (κ3) is 5.32. The van der Waals surface area contributed by atoms with Crippen molar-refractivity contribution in [3.05, 3.63) is 95.0 Å². The number of sulfonamides is 1. The zero-order valence-corrected chi connectivity index (χ0v) is 20.2. The average Bonchev–Trinajstić information content (AvgIpc) is 2.88. The third-order valence-corrected chi connectivity index (χ3v) is 7.77. The molecule has 2 unspecified atom stereocenters. The van der Waals surface area contributed by atoms with Gasteiger partial charge in [0.15, 0.2) is 6.04 Å². The Morgan fingerprint density at radius 2 is 1.62 bits per heavy atom. The molecule has 1 heterocycles. The summed E-state index contributed by atoms with van der Waals surface area (Å²) in [7, 11) is -2.61. The van der Waals surface area contributed by atoms with E-state index >= 15 is 0 Å². The number of aryl methyl sites for hydroxylation is 1. The highest BCUT2D eigenvalue weighted by molar-refractivity contribution is 7.89. The number of benzene rings is 3. The Balaban J connectivity index is 1.51. The van der Waals surface area contributed by atoms with Crippen LogP contribution in [0.4, 0.5) is 0 Å². The lowest BCUT2D eigenvalue weighted by atomic mass is 9.88. The fourth-order valence-corrected chi connectivity index (χ4v) is 5.68. The highest BCUT2D eigenvalue weighted by Crippen LogP contribution is 2.32. The van der Waals surface area contributed by atoms with Crippen molar-refractivity contribution in [3.63, 3.8) is 0 Å². The van der Waals surface area contributed by atoms with Crippen molar-refractivity contribution in [2.24, 2.45) is 5.10 Å². The number of nitrogens with zero attached hydrogens (tertiary/aromatic N) is 2. The van der Waals surface area contributed by atoms with E-state index in [1.165, 1.54) is 7.11 Å². The average molecular weight is 497 g/mol. The Morgan fingerprint density at radius 3 is 2.24 bits per heavy atom. The van der Waals surface area contributed by atoms with Gasteiger partial charge in [0.1, 0.15) is 0 Å². The second kappa shape index (κ2) is 10.4. The van der Waals surface area contributed by atoms with E-state index in [2.05, 4.69) is 5.10 Å². The van der Waals surface area contributed by atoms with Gasteiger partial charge in [-0.1, -0.05) is 78.3 Å². The summed E-state index contributed by atoms with van der Waals surface area (Å²) in [6.07, 6.45) is 2.29. The molecule has 34 heavy (non-hydrogen) atoms. The highest BCUT2D eigenvalue weighted by atomic mass is 35.5. The molecule has 1 aliphatic heterocycles. The van der Waals surface area contributed by atoms with Gasteiger partial charge in [0.2, 0.25) is 0 Å². The molecule has 0 N–H and O–H groups in total. The summed E-state index contributed by atoms with van der Waals surface area (Å²) in [5, 5.41) is 4.78. The molecule has 0 spiro atoms. The summed E-state index contributed by atoms with van der Waals surface area (Å²) in [6.45, 7) is 0. The van der Waals surface area contributed by atoms with Crippen LogP contribution in [0.1, 0.15) is 23.5 Å². The molecule has 8 heteroatoms. The maximum Gasteiger partial charge on any atom is 0.332 e. The molecule has 1 aliphatic rings. The van der Waals surface area contributed by atoms with Crippen LogP contribution in [0.3, 0.4) is 0 Å². The summed E-state index contributed by atoms with van der Waals surface area (Å²) in [6, 6.07) is 23.6. The zero-order chi connectivity index (χ0) is 24.1. The van der Waals surface area contributed by atoms with Crippen LogP contribution < -0.4 is 0 Å². The minimum absolute atomic E-state index is 0.181. The number of hydrogen-bond acceptors (Lipinski definition) is 5. The smallest absolute Gasteiger partial charge is 0.332 e. The van der Waals surface area contributed by atoms with Gasteiger partial charge in [-0.25, -0.2) is 13.2 Å². The lowest BCUT2D eigenvalue weighted by molar-refractivity contribution is -0.146. The summed E-state index contributed by atoms with van der Waals surface area (Å²) in [5.41, 5.74) is 3.78. The Labute approximate surface area is 204 Å². The lowest BCUT2D eigenvalue weighted by Gasteiger charge is -2.35. The Morgan fingerprint density at radius 1 is 1.00 bits per heavy atom. The number of esters is 1. The van der Waals surface area contributed by atoms with Gasteiger partial charge in [0.05, 0.1) is 12.9 Å². The molecular formula is C26H25ClN2O4S. The molecule has 3 aromatic rings. The number of carbonyl (C=O) groups excluding carboxylic acids is 1. The van der Waals surface area contributed by atoms with Crippen molar-refractivity contribution >= 4 is 33.8 Å². The van der Waals surface area contributed by atoms with Crippen LogP contribution in [0, 0.1) is 0 Å². The predicted octanol–water partition coefficient (Wildman–Crippen LogP) is 4.90. The highest BCUT2D eigenvalue weighted by Gasteiger charge is 2.42. The van der Waals surface area contributed by atoms with Crippen LogP contribution in [0.2, 0.25) is 5.02 Å². The van der Waals surface area contributed by atoms with E-state index in [0.29, 0.717) is 17.9 Å². The summed E-state index contributed by atoms with van der Waals surface area (Å²) < 4.78 is 32.5. The summed E-state index contributed by atoms with van der Waals surface area (Å²) in [4.78, 5) is 12.7. The fraction of sp³-hybridized carbons (Fsp3) is 0.231. The van der Waals surface area contributed by atoms with Crippen molar-refractivity contribution in [1.29, 1.82) is 0 Å². The Bertz CT molecular complexity index is 1260. The molecular weight excluding hydrogens is 472 g/mol. The van der Waals surface area contributed by atoms with E-state index in [4.69, 9.17) is 16.3 Å². The van der Waals surface area contributed by atoms with E-state index in [1.807, 2.05) is 78.9 Å². The van der Waals surface area contributed by atoms with Crippen LogP contribution in [0.25, 0.3) is 11.1 Å². The van der Waals surface area contributed by atoms with Crippen molar-refractivity contribution in [1.82, 2.24) is 4.41 Å². The van der Waals surface area contributed by atoms with Gasteiger partial charge < -0.3 is 4.74 Å². The first-order valence-corrected chi connectivity index (χ1v) is 12.9. The van der Waals surface area contributed by atoms with Crippen molar-refractivity contribution in [3.8, 4) is 11.1 Å². The third-order valence-electron chi connectivity index (χ3n) is 5.91. The molecule has 6 nitrogen and oxygen atoms in total. The zero-order valence-electron chi connectivity index (χ0n) is 18.7. The molecule has 0 bridgehead atoms. The second-order valence-electron chi connectivity index (χ2n) is 8.06. The maximum atomic E-state index is 13.3. The number of hydrogen-bond donors (Lipinski definition) is 0. The SMILES string of the molecule is COC(=O)C1C(c2ccccc2)CC=NN1S(=O)(=O)CCc1ccc(-c2ccc(Cl)cc2)cc1. The predicted molar refractivity (Wildman–Crippen MR) is 134 cm³/mol. The number of halogens is 1. The van der Waals surface area contributed by atoms with Gasteiger partial charge in [-0.05, 0) is 47.2 Å². The van der Waals surface area contributed by atoms with Crippen LogP contribution in [-0.4, -0.2) is 43.9 Å². The van der Waals surface area contributed by atoms with Crippen molar-refractivity contribution in [2.45, 2.75) is 24.8 Å². The van der Waals surface area contributed by atoms with E-state index in [0.717, 1.165) is 26.7 Å². The molecule has 0 aromatic heterocycles. The summed E-state index contributed by atoms with van der Waals surface area (Å²) >= 11 is 5.96. The molecule has 3 aromatic carbocycles. The number of methoxy groups -OCH3 is 1. The number of rotatable bonds is 7. The van der Waals surface area contributed by atoms with Crippen LogP contribution >= 0.6 is 11.6 Å². The molecule has 0 saturated heterocycles. The lowest BCUT2D eigenvalue weighted by Crippen LogP contribution is -2.49. The van der Waals surface area contributed by atoms with Gasteiger partial charge >= 0.3 is 5.97 Å². The minimum atomic E-state index is -3.87. The summed E-state index contributed by atoms with van der Waals surface area (Å²) in [5.74, 6) is -1.18. The van der Waals surface area contributed by atoms with Gasteiger partial charge in [0, 0.05) is 17.2 Å². The maximum absolute atomic E-state index is 13.3. The van der Waals surface area contributed by atoms with Gasteiger partial charge in [-0.3, -0.25) is 0 Å². The van der Waals surface area contributed by atoms with Gasteiger partial charge in [-0.15, -0.1) is 0 Å². The van der Waals surface area contributed by atoms with Crippen LogP contribution in [-0.2, 0) is 26.0 Å². The van der Waals surface area contributed by atoms with Gasteiger partial charge in [0.25, 0.3) is 10.0 Å².